The van der Waals surface area contributed by atoms with E-state index in [1.807, 2.05) is 13.8 Å². The molecule has 88 valence electrons. The molecule has 0 aromatic carbocycles. The van der Waals surface area contributed by atoms with Crippen LogP contribution in [0.15, 0.2) is 0 Å². The minimum Gasteiger partial charge on any atom is -0.447 e. The van der Waals surface area contributed by atoms with Crippen molar-refractivity contribution in [2.24, 2.45) is 5.92 Å². The van der Waals surface area contributed by atoms with E-state index in [-0.39, 0.29) is 12.2 Å². The van der Waals surface area contributed by atoms with Gasteiger partial charge in [-0.1, -0.05) is 0 Å². The lowest BCUT2D eigenvalue weighted by Gasteiger charge is -2.31. The van der Waals surface area contributed by atoms with E-state index >= 15 is 0 Å². The Balaban J connectivity index is 2.27. The quantitative estimate of drug-likeness (QED) is 0.721. The molecule has 1 aliphatic rings. The molecule has 0 spiro atoms. The Morgan fingerprint density at radius 2 is 2.00 bits per heavy atom. The molecule has 0 aromatic rings. The maximum Gasteiger partial charge on any atom is 0.410 e. The van der Waals surface area contributed by atoms with E-state index < -0.39 is 0 Å². The van der Waals surface area contributed by atoms with E-state index in [1.54, 1.807) is 12.0 Å². The average molecular weight is 215 g/mol. The monoisotopic (exact) mass is 215 g/mol. The molecule has 0 saturated carbocycles. The van der Waals surface area contributed by atoms with Gasteiger partial charge in [0.2, 0.25) is 0 Å². The van der Waals surface area contributed by atoms with E-state index in [1.165, 1.54) is 0 Å². The Morgan fingerprint density at radius 3 is 2.47 bits per heavy atom. The summed E-state index contributed by atoms with van der Waals surface area (Å²) in [6, 6.07) is 0. The van der Waals surface area contributed by atoms with Crippen LogP contribution in [0.5, 0.6) is 0 Å². The predicted molar refractivity (Wildman–Crippen MR) is 57.8 cm³/mol. The van der Waals surface area contributed by atoms with Crippen LogP contribution in [0.4, 0.5) is 4.79 Å². The Kier molecular flexibility index (Phi) is 4.88. The van der Waals surface area contributed by atoms with Gasteiger partial charge in [-0.15, -0.1) is 0 Å². The van der Waals surface area contributed by atoms with Crippen molar-refractivity contribution in [2.75, 3.05) is 26.8 Å². The molecule has 4 heteroatoms. The summed E-state index contributed by atoms with van der Waals surface area (Å²) in [5.74, 6) is 0.595. The Hall–Kier alpha value is -0.770. The van der Waals surface area contributed by atoms with Crippen molar-refractivity contribution < 1.29 is 14.3 Å². The molecule has 1 aliphatic heterocycles. The summed E-state index contributed by atoms with van der Waals surface area (Å²) in [7, 11) is 1.72. The molecule has 1 heterocycles. The lowest BCUT2D eigenvalue weighted by Crippen LogP contribution is -2.40. The van der Waals surface area contributed by atoms with Crippen molar-refractivity contribution >= 4 is 6.09 Å². The second kappa shape index (κ2) is 5.95. The standard InChI is InChI=1S/C11H21NO3/c1-9(2)15-11(13)12-6-4-10(5-7-12)8-14-3/h9-10H,4-8H2,1-3H3. The molecule has 0 aliphatic carbocycles. The summed E-state index contributed by atoms with van der Waals surface area (Å²) >= 11 is 0. The maximum atomic E-state index is 11.5. The van der Waals surface area contributed by atoms with Crippen LogP contribution in [0.25, 0.3) is 0 Å². The normalized spacial score (nSPS) is 18.3. The number of methoxy groups -OCH3 is 1. The summed E-state index contributed by atoms with van der Waals surface area (Å²) in [6.45, 7) is 6.12. The molecule has 1 amide bonds. The van der Waals surface area contributed by atoms with E-state index in [2.05, 4.69) is 0 Å². The summed E-state index contributed by atoms with van der Waals surface area (Å²) in [5, 5.41) is 0. The van der Waals surface area contributed by atoms with Gasteiger partial charge < -0.3 is 14.4 Å². The molecule has 0 radical (unpaired) electrons. The van der Waals surface area contributed by atoms with Crippen molar-refractivity contribution in [1.82, 2.24) is 4.90 Å². The summed E-state index contributed by atoms with van der Waals surface area (Å²) < 4.78 is 10.2. The molecule has 0 aromatic heterocycles. The highest BCUT2D eigenvalue weighted by Gasteiger charge is 2.23. The molecule has 0 bridgehead atoms. The van der Waals surface area contributed by atoms with Gasteiger partial charge in [-0.2, -0.15) is 0 Å². The third-order valence-corrected chi connectivity index (χ3v) is 2.61. The number of hydrogen-bond acceptors (Lipinski definition) is 3. The van der Waals surface area contributed by atoms with Crippen LogP contribution in [0.2, 0.25) is 0 Å². The molecule has 1 fully saturated rings. The van der Waals surface area contributed by atoms with Crippen LogP contribution in [0.3, 0.4) is 0 Å². The molecule has 1 saturated heterocycles. The summed E-state index contributed by atoms with van der Waals surface area (Å²) in [6.07, 6.45) is 1.82. The van der Waals surface area contributed by atoms with Crippen molar-refractivity contribution in [3.05, 3.63) is 0 Å². The highest BCUT2D eigenvalue weighted by atomic mass is 16.6. The number of nitrogens with zero attached hydrogens (tertiary/aromatic N) is 1. The van der Waals surface area contributed by atoms with Crippen LogP contribution < -0.4 is 0 Å². The number of piperidine rings is 1. The lowest BCUT2D eigenvalue weighted by molar-refractivity contribution is 0.0544. The van der Waals surface area contributed by atoms with Crippen molar-refractivity contribution in [3.8, 4) is 0 Å². The summed E-state index contributed by atoms with van der Waals surface area (Å²) in [5.41, 5.74) is 0. The zero-order valence-electron chi connectivity index (χ0n) is 9.86. The minimum absolute atomic E-state index is 0.0331. The van der Waals surface area contributed by atoms with Gasteiger partial charge in [-0.3, -0.25) is 0 Å². The molecule has 0 atom stereocenters. The number of amides is 1. The van der Waals surface area contributed by atoms with Gasteiger partial charge in [-0.25, -0.2) is 4.79 Å². The van der Waals surface area contributed by atoms with Gasteiger partial charge in [-0.05, 0) is 32.6 Å². The second-order valence-corrected chi connectivity index (χ2v) is 4.32. The third-order valence-electron chi connectivity index (χ3n) is 2.61. The maximum absolute atomic E-state index is 11.5. The fraction of sp³-hybridized carbons (Fsp3) is 0.909. The highest BCUT2D eigenvalue weighted by Crippen LogP contribution is 2.18. The molecular weight excluding hydrogens is 194 g/mol. The third kappa shape index (κ3) is 4.08. The van der Waals surface area contributed by atoms with Crippen molar-refractivity contribution in [2.45, 2.75) is 32.8 Å². The fourth-order valence-corrected chi connectivity index (χ4v) is 1.79. The largest absolute Gasteiger partial charge is 0.447 e. The van der Waals surface area contributed by atoms with Gasteiger partial charge in [0.1, 0.15) is 0 Å². The molecule has 0 N–H and O–H groups in total. The SMILES string of the molecule is COCC1CCN(C(=O)OC(C)C)CC1. The van der Waals surface area contributed by atoms with Crippen LogP contribution in [-0.2, 0) is 9.47 Å². The van der Waals surface area contributed by atoms with Crippen molar-refractivity contribution in [3.63, 3.8) is 0 Å². The van der Waals surface area contributed by atoms with Crippen molar-refractivity contribution in [1.29, 1.82) is 0 Å². The number of hydrogen-bond donors (Lipinski definition) is 0. The van der Waals surface area contributed by atoms with Crippen LogP contribution in [0, 0.1) is 5.92 Å². The van der Waals surface area contributed by atoms with Gasteiger partial charge in [0.25, 0.3) is 0 Å². The van der Waals surface area contributed by atoms with E-state index in [0.717, 1.165) is 32.5 Å². The summed E-state index contributed by atoms with van der Waals surface area (Å²) in [4.78, 5) is 13.3. The highest BCUT2D eigenvalue weighted by molar-refractivity contribution is 5.67. The topological polar surface area (TPSA) is 38.8 Å². The van der Waals surface area contributed by atoms with E-state index in [0.29, 0.717) is 5.92 Å². The number of likely N-dealkylation sites (tertiary alicyclic amines) is 1. The van der Waals surface area contributed by atoms with Gasteiger partial charge in [0.15, 0.2) is 0 Å². The first-order valence-corrected chi connectivity index (χ1v) is 5.58. The van der Waals surface area contributed by atoms with E-state index in [4.69, 9.17) is 9.47 Å². The van der Waals surface area contributed by atoms with Crippen LogP contribution in [0.1, 0.15) is 26.7 Å². The van der Waals surface area contributed by atoms with Crippen LogP contribution >= 0.6 is 0 Å². The number of ether oxygens (including phenoxy) is 2. The molecular formula is C11H21NO3. The zero-order valence-corrected chi connectivity index (χ0v) is 9.86. The molecule has 15 heavy (non-hydrogen) atoms. The van der Waals surface area contributed by atoms with Crippen LogP contribution in [-0.4, -0.2) is 43.9 Å². The van der Waals surface area contributed by atoms with E-state index in [9.17, 15) is 4.79 Å². The smallest absolute Gasteiger partial charge is 0.410 e. The predicted octanol–water partition coefficient (Wildman–Crippen LogP) is 1.89. The average Bonchev–Trinajstić information content (AvgIpc) is 2.18. The van der Waals surface area contributed by atoms with Gasteiger partial charge in [0, 0.05) is 26.8 Å². The lowest BCUT2D eigenvalue weighted by atomic mass is 9.98. The zero-order chi connectivity index (χ0) is 11.3. The minimum atomic E-state index is -0.180. The number of rotatable bonds is 3. The Labute approximate surface area is 91.5 Å². The Bertz CT molecular complexity index is 198. The van der Waals surface area contributed by atoms with Gasteiger partial charge in [0.05, 0.1) is 6.10 Å². The first-order valence-electron chi connectivity index (χ1n) is 5.58. The van der Waals surface area contributed by atoms with Gasteiger partial charge >= 0.3 is 6.09 Å². The molecule has 4 nitrogen and oxygen atoms in total. The Morgan fingerprint density at radius 1 is 1.40 bits per heavy atom. The molecule has 0 unspecified atom stereocenters. The number of carbonyl (C=O) groups is 1. The number of carbonyl (C=O) groups excluding carboxylic acids is 1. The first kappa shape index (κ1) is 12.3. The first-order chi connectivity index (χ1) is 7.13. The fourth-order valence-electron chi connectivity index (χ4n) is 1.79. The second-order valence-electron chi connectivity index (χ2n) is 4.32. The molecule has 1 rings (SSSR count).